The van der Waals surface area contributed by atoms with Crippen molar-refractivity contribution in [2.24, 2.45) is 0 Å². The molecule has 0 rings (SSSR count). The molecule has 2 heteroatoms. The third kappa shape index (κ3) is 3.38. The molecule has 0 aliphatic heterocycles. The van der Waals surface area contributed by atoms with Crippen molar-refractivity contribution in [1.82, 2.24) is 0 Å². The van der Waals surface area contributed by atoms with Crippen molar-refractivity contribution >= 4 is 5.78 Å². The highest BCUT2D eigenvalue weighted by atomic mass is 16.5. The first-order valence-electron chi connectivity index (χ1n) is 2.25. The van der Waals surface area contributed by atoms with Gasteiger partial charge in [0.1, 0.15) is 6.61 Å². The molecule has 0 aliphatic carbocycles. The summed E-state index contributed by atoms with van der Waals surface area (Å²) in [6.45, 7) is 0.129. The zero-order valence-corrected chi connectivity index (χ0v) is 4.81. The van der Waals surface area contributed by atoms with E-state index in [1.807, 2.05) is 0 Å². The van der Waals surface area contributed by atoms with Crippen molar-refractivity contribution in [2.75, 3.05) is 13.7 Å². The second kappa shape index (κ2) is 4.35. The first-order chi connectivity index (χ1) is 3.81. The molecule has 0 saturated heterocycles. The lowest BCUT2D eigenvalue weighted by Gasteiger charge is -1.89. The number of rotatable bonds is 3. The number of Topliss-reactive ketones (excluding diaryl/α,β-unsaturated/α-hetero) is 1. The molecule has 0 heterocycles. The van der Waals surface area contributed by atoms with Crippen molar-refractivity contribution < 1.29 is 9.53 Å². The van der Waals surface area contributed by atoms with E-state index in [4.69, 9.17) is 6.42 Å². The van der Waals surface area contributed by atoms with E-state index < -0.39 is 0 Å². The van der Waals surface area contributed by atoms with Crippen LogP contribution >= 0.6 is 0 Å². The first kappa shape index (κ1) is 7.19. The molecule has 0 aromatic carbocycles. The maximum Gasteiger partial charge on any atom is 0.170 e. The number of hydrogen-bond acceptors (Lipinski definition) is 2. The summed E-state index contributed by atoms with van der Waals surface area (Å²) in [4.78, 5) is 10.4. The maximum absolute atomic E-state index is 10.4. The van der Waals surface area contributed by atoms with Gasteiger partial charge >= 0.3 is 0 Å². The van der Waals surface area contributed by atoms with Crippen LogP contribution in [0.25, 0.3) is 0 Å². The summed E-state index contributed by atoms with van der Waals surface area (Å²) in [5.41, 5.74) is 0. The summed E-state index contributed by atoms with van der Waals surface area (Å²) in [5, 5.41) is 0. The molecular formula is C6H8O2. The number of terminal acetylenes is 1. The van der Waals surface area contributed by atoms with Gasteiger partial charge in [-0.2, -0.15) is 0 Å². The van der Waals surface area contributed by atoms with Gasteiger partial charge in [0.25, 0.3) is 0 Å². The van der Waals surface area contributed by atoms with Gasteiger partial charge in [0.05, 0.1) is 6.42 Å². The molecule has 0 amide bonds. The van der Waals surface area contributed by atoms with Gasteiger partial charge < -0.3 is 4.74 Å². The number of ketones is 1. The highest BCUT2D eigenvalue weighted by molar-refractivity contribution is 5.81. The lowest BCUT2D eigenvalue weighted by molar-refractivity contribution is -0.121. The largest absolute Gasteiger partial charge is 0.377 e. The molecule has 0 atom stereocenters. The monoisotopic (exact) mass is 112 g/mol. The minimum atomic E-state index is -0.0463. The SMILES string of the molecule is C#CCC(=O)COC. The van der Waals surface area contributed by atoms with Crippen LogP contribution in [0.15, 0.2) is 0 Å². The molecule has 0 bridgehead atoms. The highest BCUT2D eigenvalue weighted by Crippen LogP contribution is 1.78. The molecule has 0 radical (unpaired) electrons. The fraction of sp³-hybridized carbons (Fsp3) is 0.500. The van der Waals surface area contributed by atoms with E-state index in [0.29, 0.717) is 0 Å². The Morgan fingerprint density at radius 2 is 2.50 bits per heavy atom. The zero-order valence-electron chi connectivity index (χ0n) is 4.81. The van der Waals surface area contributed by atoms with Crippen LogP contribution < -0.4 is 0 Å². The van der Waals surface area contributed by atoms with Crippen LogP contribution in [0.5, 0.6) is 0 Å². The van der Waals surface area contributed by atoms with E-state index in [-0.39, 0.29) is 18.8 Å². The molecule has 44 valence electrons. The molecule has 0 unspecified atom stereocenters. The van der Waals surface area contributed by atoms with Gasteiger partial charge in [0.15, 0.2) is 5.78 Å². The predicted molar refractivity (Wildman–Crippen MR) is 30.3 cm³/mol. The number of methoxy groups -OCH3 is 1. The average molecular weight is 112 g/mol. The van der Waals surface area contributed by atoms with E-state index in [9.17, 15) is 4.79 Å². The van der Waals surface area contributed by atoms with Gasteiger partial charge in [0.2, 0.25) is 0 Å². The first-order valence-corrected chi connectivity index (χ1v) is 2.25. The quantitative estimate of drug-likeness (QED) is 0.488. The van der Waals surface area contributed by atoms with E-state index >= 15 is 0 Å². The summed E-state index contributed by atoms with van der Waals surface area (Å²) in [6.07, 6.45) is 5.01. The van der Waals surface area contributed by atoms with Gasteiger partial charge in [0, 0.05) is 7.11 Å². The molecule has 0 aromatic rings. The van der Waals surface area contributed by atoms with Gasteiger partial charge in [-0.3, -0.25) is 4.79 Å². The van der Waals surface area contributed by atoms with Crippen LogP contribution in [0.4, 0.5) is 0 Å². The molecule has 0 aliphatic rings. The normalized spacial score (nSPS) is 8.00. The Kier molecular flexibility index (Phi) is 3.91. The summed E-state index contributed by atoms with van der Waals surface area (Å²) >= 11 is 0. The van der Waals surface area contributed by atoms with Crippen LogP contribution in [-0.4, -0.2) is 19.5 Å². The third-order valence-corrected chi connectivity index (χ3v) is 0.605. The van der Waals surface area contributed by atoms with E-state index in [0.717, 1.165) is 0 Å². The Morgan fingerprint density at radius 3 is 2.88 bits per heavy atom. The Morgan fingerprint density at radius 1 is 1.88 bits per heavy atom. The standard InChI is InChI=1S/C6H8O2/c1-3-4-6(7)5-8-2/h1H,4-5H2,2H3. The molecular weight excluding hydrogens is 104 g/mol. The van der Waals surface area contributed by atoms with Crippen molar-refractivity contribution in [1.29, 1.82) is 0 Å². The topological polar surface area (TPSA) is 26.3 Å². The summed E-state index contributed by atoms with van der Waals surface area (Å²) in [5.74, 6) is 2.18. The Hall–Kier alpha value is -0.810. The van der Waals surface area contributed by atoms with Gasteiger partial charge in [-0.1, -0.05) is 5.92 Å². The van der Waals surface area contributed by atoms with Gasteiger partial charge in [-0.15, -0.1) is 6.42 Å². The minimum absolute atomic E-state index is 0.0463. The van der Waals surface area contributed by atoms with Crippen LogP contribution in [-0.2, 0) is 9.53 Å². The van der Waals surface area contributed by atoms with Crippen molar-refractivity contribution in [3.8, 4) is 12.3 Å². The molecule has 2 nitrogen and oxygen atoms in total. The van der Waals surface area contributed by atoms with Crippen LogP contribution in [0.1, 0.15) is 6.42 Å². The van der Waals surface area contributed by atoms with Crippen LogP contribution in [0, 0.1) is 12.3 Å². The molecule has 0 fully saturated rings. The van der Waals surface area contributed by atoms with Crippen molar-refractivity contribution in [3.05, 3.63) is 0 Å². The number of carbonyl (C=O) groups excluding carboxylic acids is 1. The Balaban J connectivity index is 3.23. The van der Waals surface area contributed by atoms with Crippen LogP contribution in [0.3, 0.4) is 0 Å². The summed E-state index contributed by atoms with van der Waals surface area (Å²) in [6, 6.07) is 0. The number of hydrogen-bond donors (Lipinski definition) is 0. The van der Waals surface area contributed by atoms with Gasteiger partial charge in [-0.25, -0.2) is 0 Å². The maximum atomic E-state index is 10.4. The minimum Gasteiger partial charge on any atom is -0.377 e. The third-order valence-electron chi connectivity index (χ3n) is 0.605. The predicted octanol–water partition coefficient (Wildman–Crippen LogP) is 0.225. The molecule has 0 aromatic heterocycles. The molecule has 0 N–H and O–H groups in total. The lowest BCUT2D eigenvalue weighted by Crippen LogP contribution is -2.04. The lowest BCUT2D eigenvalue weighted by atomic mass is 10.3. The van der Waals surface area contributed by atoms with Gasteiger partial charge in [-0.05, 0) is 0 Å². The van der Waals surface area contributed by atoms with E-state index in [1.54, 1.807) is 0 Å². The Labute approximate surface area is 48.8 Å². The smallest absolute Gasteiger partial charge is 0.170 e. The van der Waals surface area contributed by atoms with E-state index in [2.05, 4.69) is 10.7 Å². The van der Waals surface area contributed by atoms with Crippen LogP contribution in [0.2, 0.25) is 0 Å². The molecule has 8 heavy (non-hydrogen) atoms. The fourth-order valence-electron chi connectivity index (χ4n) is 0.326. The summed E-state index contributed by atoms with van der Waals surface area (Å²) in [7, 11) is 1.47. The molecule has 0 saturated carbocycles. The van der Waals surface area contributed by atoms with Crippen molar-refractivity contribution in [2.45, 2.75) is 6.42 Å². The van der Waals surface area contributed by atoms with Crippen molar-refractivity contribution in [3.63, 3.8) is 0 Å². The second-order valence-electron chi connectivity index (χ2n) is 1.35. The van der Waals surface area contributed by atoms with E-state index in [1.165, 1.54) is 7.11 Å². The average Bonchev–Trinajstić information content (AvgIpc) is 1.68. The molecule has 0 spiro atoms. The number of carbonyl (C=O) groups is 1. The fourth-order valence-corrected chi connectivity index (χ4v) is 0.326. The Bertz CT molecular complexity index is 110. The second-order valence-corrected chi connectivity index (χ2v) is 1.35. The summed E-state index contributed by atoms with van der Waals surface area (Å²) < 4.78 is 4.51. The number of ether oxygens (including phenoxy) is 1. The zero-order chi connectivity index (χ0) is 6.41. The highest BCUT2D eigenvalue weighted by Gasteiger charge is 1.94.